The van der Waals surface area contributed by atoms with Gasteiger partial charge in [-0.25, -0.2) is 0 Å². The Morgan fingerprint density at radius 1 is 1.47 bits per heavy atom. The van der Waals surface area contributed by atoms with Crippen molar-refractivity contribution in [2.75, 3.05) is 0 Å². The molecule has 78 valence electrons. The van der Waals surface area contributed by atoms with Crippen molar-refractivity contribution in [3.8, 4) is 0 Å². The SMILES string of the molecule is CC(NCc1cccnc1)c1ccoc1. The van der Waals surface area contributed by atoms with Crippen molar-refractivity contribution in [2.45, 2.75) is 19.5 Å². The summed E-state index contributed by atoms with van der Waals surface area (Å²) in [5.74, 6) is 0. The standard InChI is InChI=1S/C12H14N2O/c1-10(12-4-6-15-9-12)14-8-11-3-2-5-13-7-11/h2-7,9-10,14H,8H2,1H3. The summed E-state index contributed by atoms with van der Waals surface area (Å²) in [6.07, 6.45) is 7.11. The van der Waals surface area contributed by atoms with Crippen molar-refractivity contribution >= 4 is 0 Å². The Hall–Kier alpha value is -1.61. The smallest absolute Gasteiger partial charge is 0.0950 e. The van der Waals surface area contributed by atoms with Gasteiger partial charge in [-0.1, -0.05) is 6.07 Å². The van der Waals surface area contributed by atoms with E-state index in [1.807, 2.05) is 18.3 Å². The highest BCUT2D eigenvalue weighted by Crippen LogP contribution is 2.12. The maximum Gasteiger partial charge on any atom is 0.0950 e. The monoisotopic (exact) mass is 202 g/mol. The van der Waals surface area contributed by atoms with Crippen molar-refractivity contribution in [3.05, 3.63) is 54.2 Å². The molecule has 3 nitrogen and oxygen atoms in total. The number of aromatic nitrogens is 1. The van der Waals surface area contributed by atoms with Crippen LogP contribution < -0.4 is 5.32 Å². The Balaban J connectivity index is 1.89. The lowest BCUT2D eigenvalue weighted by atomic mass is 10.1. The average Bonchev–Trinajstić information content (AvgIpc) is 2.81. The van der Waals surface area contributed by atoms with Gasteiger partial charge in [0.1, 0.15) is 0 Å². The van der Waals surface area contributed by atoms with E-state index in [1.165, 1.54) is 11.1 Å². The van der Waals surface area contributed by atoms with Crippen LogP contribution in [-0.4, -0.2) is 4.98 Å². The Morgan fingerprint density at radius 3 is 3.07 bits per heavy atom. The van der Waals surface area contributed by atoms with Gasteiger partial charge in [-0.3, -0.25) is 4.98 Å². The minimum absolute atomic E-state index is 0.295. The van der Waals surface area contributed by atoms with Gasteiger partial charge >= 0.3 is 0 Å². The summed E-state index contributed by atoms with van der Waals surface area (Å²) in [5.41, 5.74) is 2.35. The van der Waals surface area contributed by atoms with Gasteiger partial charge < -0.3 is 9.73 Å². The topological polar surface area (TPSA) is 38.1 Å². The molecule has 1 unspecified atom stereocenters. The van der Waals surface area contributed by atoms with E-state index >= 15 is 0 Å². The molecule has 2 rings (SSSR count). The molecule has 0 saturated carbocycles. The van der Waals surface area contributed by atoms with Crippen LogP contribution in [0.5, 0.6) is 0 Å². The highest BCUT2D eigenvalue weighted by atomic mass is 16.3. The number of nitrogens with one attached hydrogen (secondary N) is 1. The second-order valence-electron chi connectivity index (χ2n) is 3.52. The number of rotatable bonds is 4. The zero-order chi connectivity index (χ0) is 10.5. The van der Waals surface area contributed by atoms with E-state index < -0.39 is 0 Å². The summed E-state index contributed by atoms with van der Waals surface area (Å²) in [6.45, 7) is 2.93. The Bertz CT molecular complexity index is 383. The fraction of sp³-hybridized carbons (Fsp3) is 0.250. The lowest BCUT2D eigenvalue weighted by Crippen LogP contribution is -2.17. The summed E-state index contributed by atoms with van der Waals surface area (Å²) in [4.78, 5) is 4.07. The largest absolute Gasteiger partial charge is 0.472 e. The third-order valence-electron chi connectivity index (χ3n) is 2.38. The molecule has 0 aliphatic rings. The molecular weight excluding hydrogens is 188 g/mol. The molecule has 0 bridgehead atoms. The van der Waals surface area contributed by atoms with Gasteiger partial charge in [0.05, 0.1) is 12.5 Å². The number of hydrogen-bond donors (Lipinski definition) is 1. The molecule has 2 aromatic heterocycles. The third kappa shape index (κ3) is 2.67. The van der Waals surface area contributed by atoms with Crippen LogP contribution >= 0.6 is 0 Å². The molecule has 15 heavy (non-hydrogen) atoms. The second kappa shape index (κ2) is 4.75. The minimum Gasteiger partial charge on any atom is -0.472 e. The van der Waals surface area contributed by atoms with Crippen molar-refractivity contribution in [1.82, 2.24) is 10.3 Å². The highest BCUT2D eigenvalue weighted by Gasteiger charge is 2.05. The zero-order valence-corrected chi connectivity index (χ0v) is 8.68. The van der Waals surface area contributed by atoms with Crippen LogP contribution in [0.25, 0.3) is 0 Å². The normalized spacial score (nSPS) is 12.6. The van der Waals surface area contributed by atoms with Crippen LogP contribution in [0.4, 0.5) is 0 Å². The molecule has 0 spiro atoms. The van der Waals surface area contributed by atoms with E-state index in [-0.39, 0.29) is 0 Å². The van der Waals surface area contributed by atoms with Gasteiger partial charge in [-0.15, -0.1) is 0 Å². The first-order valence-electron chi connectivity index (χ1n) is 5.00. The predicted octanol–water partition coefficient (Wildman–Crippen LogP) is 2.53. The molecule has 2 aromatic rings. The molecule has 2 heterocycles. The minimum atomic E-state index is 0.295. The quantitative estimate of drug-likeness (QED) is 0.827. The molecule has 1 atom stereocenters. The van der Waals surface area contributed by atoms with Crippen molar-refractivity contribution in [1.29, 1.82) is 0 Å². The predicted molar refractivity (Wildman–Crippen MR) is 58.2 cm³/mol. The maximum absolute atomic E-state index is 5.04. The van der Waals surface area contributed by atoms with Crippen LogP contribution in [0.1, 0.15) is 24.1 Å². The van der Waals surface area contributed by atoms with Crippen LogP contribution in [-0.2, 0) is 6.54 Å². The number of nitrogens with zero attached hydrogens (tertiary/aromatic N) is 1. The van der Waals surface area contributed by atoms with E-state index in [4.69, 9.17) is 4.42 Å². The van der Waals surface area contributed by atoms with Gasteiger partial charge in [0, 0.05) is 30.5 Å². The summed E-state index contributed by atoms with van der Waals surface area (Å²) in [5, 5.41) is 3.40. The molecule has 0 radical (unpaired) electrons. The van der Waals surface area contributed by atoms with Crippen molar-refractivity contribution < 1.29 is 4.42 Å². The molecule has 0 aliphatic heterocycles. The van der Waals surface area contributed by atoms with Crippen molar-refractivity contribution in [3.63, 3.8) is 0 Å². The van der Waals surface area contributed by atoms with Crippen molar-refractivity contribution in [2.24, 2.45) is 0 Å². The number of furan rings is 1. The number of hydrogen-bond acceptors (Lipinski definition) is 3. The Labute approximate surface area is 89.1 Å². The van der Waals surface area contributed by atoms with E-state index in [1.54, 1.807) is 18.7 Å². The van der Waals surface area contributed by atoms with Gasteiger partial charge in [0.2, 0.25) is 0 Å². The van der Waals surface area contributed by atoms with E-state index in [0.717, 1.165) is 6.54 Å². The molecule has 0 saturated heterocycles. The van der Waals surface area contributed by atoms with Gasteiger partial charge in [-0.05, 0) is 24.6 Å². The van der Waals surface area contributed by atoms with Crippen LogP contribution in [0.15, 0.2) is 47.5 Å². The maximum atomic E-state index is 5.04. The van der Waals surface area contributed by atoms with E-state index in [9.17, 15) is 0 Å². The van der Waals surface area contributed by atoms with Crippen LogP contribution in [0, 0.1) is 0 Å². The Kier molecular flexibility index (Phi) is 3.15. The lowest BCUT2D eigenvalue weighted by molar-refractivity contribution is 0.538. The molecule has 0 aliphatic carbocycles. The summed E-state index contributed by atoms with van der Waals surface area (Å²) in [6, 6.07) is 6.27. The van der Waals surface area contributed by atoms with E-state index in [2.05, 4.69) is 23.3 Å². The summed E-state index contributed by atoms with van der Waals surface area (Å²) in [7, 11) is 0. The first-order chi connectivity index (χ1) is 7.36. The molecule has 0 amide bonds. The zero-order valence-electron chi connectivity index (χ0n) is 8.68. The highest BCUT2D eigenvalue weighted by molar-refractivity contribution is 5.12. The van der Waals surface area contributed by atoms with E-state index in [0.29, 0.717) is 6.04 Å². The Morgan fingerprint density at radius 2 is 2.40 bits per heavy atom. The number of pyridine rings is 1. The average molecular weight is 202 g/mol. The second-order valence-corrected chi connectivity index (χ2v) is 3.52. The van der Waals surface area contributed by atoms with Gasteiger partial charge in [-0.2, -0.15) is 0 Å². The first-order valence-corrected chi connectivity index (χ1v) is 5.00. The first kappa shape index (κ1) is 9.93. The molecule has 0 aromatic carbocycles. The molecule has 1 N–H and O–H groups in total. The van der Waals surface area contributed by atoms with Crippen LogP contribution in [0.3, 0.4) is 0 Å². The van der Waals surface area contributed by atoms with Gasteiger partial charge in [0.25, 0.3) is 0 Å². The fourth-order valence-corrected chi connectivity index (χ4v) is 1.41. The van der Waals surface area contributed by atoms with Crippen LogP contribution in [0.2, 0.25) is 0 Å². The lowest BCUT2D eigenvalue weighted by Gasteiger charge is -2.11. The summed E-state index contributed by atoms with van der Waals surface area (Å²) >= 11 is 0. The summed E-state index contributed by atoms with van der Waals surface area (Å²) < 4.78 is 5.04. The molecular formula is C12H14N2O. The molecule has 3 heteroatoms. The third-order valence-corrected chi connectivity index (χ3v) is 2.38. The van der Waals surface area contributed by atoms with Gasteiger partial charge in [0.15, 0.2) is 0 Å². The molecule has 0 fully saturated rings. The fourth-order valence-electron chi connectivity index (χ4n) is 1.41.